The number of methoxy groups -OCH3 is 2. The van der Waals surface area contributed by atoms with E-state index in [1.807, 2.05) is 30.3 Å². The smallest absolute Gasteiger partial charge is 0.343 e. The van der Waals surface area contributed by atoms with Crippen molar-refractivity contribution in [1.82, 2.24) is 0 Å². The standard InChI is InChI=1S/C19H16O4/c1-21-15-8-9-17(22-2)16(12-15)18-11-14(19(20)23-18)10-13-6-4-3-5-7-13/h3-12H,1-2H3. The Labute approximate surface area is 134 Å². The van der Waals surface area contributed by atoms with E-state index in [0.29, 0.717) is 28.4 Å². The lowest BCUT2D eigenvalue weighted by Gasteiger charge is -2.10. The molecular weight excluding hydrogens is 292 g/mol. The number of esters is 1. The minimum atomic E-state index is -0.381. The Morgan fingerprint density at radius 1 is 1.00 bits per heavy atom. The molecule has 0 N–H and O–H groups in total. The second-order valence-corrected chi connectivity index (χ2v) is 4.97. The number of rotatable bonds is 4. The predicted octanol–water partition coefficient (Wildman–Crippen LogP) is 3.69. The minimum Gasteiger partial charge on any atom is -0.497 e. The molecule has 0 fully saturated rings. The Kier molecular flexibility index (Phi) is 4.15. The van der Waals surface area contributed by atoms with E-state index in [0.717, 1.165) is 5.56 Å². The maximum absolute atomic E-state index is 12.1. The summed E-state index contributed by atoms with van der Waals surface area (Å²) < 4.78 is 16.0. The maximum Gasteiger partial charge on any atom is 0.343 e. The van der Waals surface area contributed by atoms with E-state index >= 15 is 0 Å². The van der Waals surface area contributed by atoms with E-state index in [2.05, 4.69) is 0 Å². The molecule has 3 rings (SSSR count). The van der Waals surface area contributed by atoms with Crippen LogP contribution in [-0.2, 0) is 9.53 Å². The van der Waals surface area contributed by atoms with Gasteiger partial charge in [-0.2, -0.15) is 0 Å². The molecular formula is C19H16O4. The van der Waals surface area contributed by atoms with Crippen LogP contribution in [0.25, 0.3) is 11.8 Å². The third kappa shape index (κ3) is 3.11. The van der Waals surface area contributed by atoms with Crippen molar-refractivity contribution in [3.05, 3.63) is 71.3 Å². The van der Waals surface area contributed by atoms with Crippen molar-refractivity contribution >= 4 is 17.8 Å². The van der Waals surface area contributed by atoms with Crippen molar-refractivity contribution in [3.8, 4) is 11.5 Å². The molecule has 0 saturated carbocycles. The minimum absolute atomic E-state index is 0.381. The summed E-state index contributed by atoms with van der Waals surface area (Å²) in [6.45, 7) is 0. The fourth-order valence-electron chi connectivity index (χ4n) is 2.36. The Balaban J connectivity index is 2.00. The lowest BCUT2D eigenvalue weighted by atomic mass is 10.1. The molecule has 1 aliphatic heterocycles. The van der Waals surface area contributed by atoms with Crippen molar-refractivity contribution in [2.45, 2.75) is 0 Å². The zero-order valence-electron chi connectivity index (χ0n) is 12.9. The normalized spacial score (nSPS) is 15.3. The second kappa shape index (κ2) is 6.40. The van der Waals surface area contributed by atoms with Crippen molar-refractivity contribution < 1.29 is 19.0 Å². The molecule has 2 aromatic carbocycles. The van der Waals surface area contributed by atoms with Crippen LogP contribution in [0.1, 0.15) is 11.1 Å². The van der Waals surface area contributed by atoms with Crippen LogP contribution >= 0.6 is 0 Å². The van der Waals surface area contributed by atoms with Gasteiger partial charge in [-0.05, 0) is 35.9 Å². The zero-order valence-corrected chi connectivity index (χ0v) is 12.9. The van der Waals surface area contributed by atoms with Crippen molar-refractivity contribution in [2.24, 2.45) is 0 Å². The first kappa shape index (κ1) is 14.9. The molecule has 0 amide bonds. The molecule has 0 saturated heterocycles. The molecule has 0 unspecified atom stereocenters. The fourth-order valence-corrected chi connectivity index (χ4v) is 2.36. The van der Waals surface area contributed by atoms with E-state index in [9.17, 15) is 4.79 Å². The van der Waals surface area contributed by atoms with E-state index < -0.39 is 0 Å². The van der Waals surface area contributed by atoms with E-state index in [1.165, 1.54) is 0 Å². The van der Waals surface area contributed by atoms with Crippen LogP contribution in [0.2, 0.25) is 0 Å². The predicted molar refractivity (Wildman–Crippen MR) is 88.0 cm³/mol. The van der Waals surface area contributed by atoms with Crippen LogP contribution < -0.4 is 9.47 Å². The van der Waals surface area contributed by atoms with Gasteiger partial charge in [-0.25, -0.2) is 4.79 Å². The lowest BCUT2D eigenvalue weighted by Crippen LogP contribution is -1.98. The highest BCUT2D eigenvalue weighted by Crippen LogP contribution is 2.35. The van der Waals surface area contributed by atoms with Gasteiger partial charge in [-0.3, -0.25) is 0 Å². The highest BCUT2D eigenvalue weighted by atomic mass is 16.5. The number of carbonyl (C=O) groups excluding carboxylic acids is 1. The molecule has 4 nitrogen and oxygen atoms in total. The molecule has 23 heavy (non-hydrogen) atoms. The first-order chi connectivity index (χ1) is 11.2. The lowest BCUT2D eigenvalue weighted by molar-refractivity contribution is -0.130. The molecule has 1 aliphatic rings. The summed E-state index contributed by atoms with van der Waals surface area (Å²) in [5, 5.41) is 0. The topological polar surface area (TPSA) is 44.8 Å². The van der Waals surface area contributed by atoms with Crippen molar-refractivity contribution in [2.75, 3.05) is 14.2 Å². The van der Waals surface area contributed by atoms with Gasteiger partial charge in [-0.1, -0.05) is 30.3 Å². The first-order valence-electron chi connectivity index (χ1n) is 7.14. The third-order valence-corrected chi connectivity index (χ3v) is 3.52. The quantitative estimate of drug-likeness (QED) is 0.638. The summed E-state index contributed by atoms with van der Waals surface area (Å²) in [6.07, 6.45) is 3.51. The van der Waals surface area contributed by atoms with Gasteiger partial charge >= 0.3 is 5.97 Å². The van der Waals surface area contributed by atoms with E-state index in [4.69, 9.17) is 14.2 Å². The van der Waals surface area contributed by atoms with Crippen LogP contribution in [0.5, 0.6) is 11.5 Å². The highest BCUT2D eigenvalue weighted by molar-refractivity contribution is 6.05. The molecule has 1 heterocycles. The Morgan fingerprint density at radius 2 is 1.78 bits per heavy atom. The van der Waals surface area contributed by atoms with Crippen LogP contribution in [0.3, 0.4) is 0 Å². The van der Waals surface area contributed by atoms with Crippen molar-refractivity contribution in [3.63, 3.8) is 0 Å². The second-order valence-electron chi connectivity index (χ2n) is 4.97. The van der Waals surface area contributed by atoms with Gasteiger partial charge in [0.2, 0.25) is 0 Å². The summed E-state index contributed by atoms with van der Waals surface area (Å²) in [5.74, 6) is 1.35. The summed E-state index contributed by atoms with van der Waals surface area (Å²) in [6, 6.07) is 15.0. The molecule has 2 aromatic rings. The third-order valence-electron chi connectivity index (χ3n) is 3.52. The summed E-state index contributed by atoms with van der Waals surface area (Å²) in [4.78, 5) is 12.1. The average Bonchev–Trinajstić information content (AvgIpc) is 2.95. The summed E-state index contributed by atoms with van der Waals surface area (Å²) in [5.41, 5.74) is 2.11. The molecule has 4 heteroatoms. The largest absolute Gasteiger partial charge is 0.497 e. The number of cyclic esters (lactones) is 1. The van der Waals surface area contributed by atoms with Gasteiger partial charge in [0.25, 0.3) is 0 Å². The number of hydrogen-bond acceptors (Lipinski definition) is 4. The van der Waals surface area contributed by atoms with Gasteiger partial charge in [0, 0.05) is 0 Å². The number of ether oxygens (including phenoxy) is 3. The first-order valence-corrected chi connectivity index (χ1v) is 7.14. The molecule has 0 spiro atoms. The SMILES string of the molecule is COc1ccc(OC)c(C2=CC(=Cc3ccccc3)C(=O)O2)c1. The molecule has 0 aliphatic carbocycles. The molecule has 0 aromatic heterocycles. The molecule has 0 atom stereocenters. The van der Waals surface area contributed by atoms with Gasteiger partial charge in [0.05, 0.1) is 25.4 Å². The Morgan fingerprint density at radius 3 is 2.48 bits per heavy atom. The maximum atomic E-state index is 12.1. The number of hydrogen-bond donors (Lipinski definition) is 0. The Bertz CT molecular complexity index is 788. The van der Waals surface area contributed by atoms with Crippen molar-refractivity contribution in [1.29, 1.82) is 0 Å². The average molecular weight is 308 g/mol. The Hall–Kier alpha value is -3.01. The summed E-state index contributed by atoms with van der Waals surface area (Å²) in [7, 11) is 3.16. The molecule has 116 valence electrons. The summed E-state index contributed by atoms with van der Waals surface area (Å²) >= 11 is 0. The molecule has 0 radical (unpaired) electrons. The van der Waals surface area contributed by atoms with Gasteiger partial charge in [0.15, 0.2) is 0 Å². The highest BCUT2D eigenvalue weighted by Gasteiger charge is 2.24. The number of carbonyl (C=O) groups is 1. The van der Waals surface area contributed by atoms with Crippen LogP contribution in [-0.4, -0.2) is 20.2 Å². The van der Waals surface area contributed by atoms with Crippen LogP contribution in [0.4, 0.5) is 0 Å². The molecule has 0 bridgehead atoms. The van der Waals surface area contributed by atoms with Crippen LogP contribution in [0.15, 0.2) is 60.2 Å². The van der Waals surface area contributed by atoms with Gasteiger partial charge < -0.3 is 14.2 Å². The van der Waals surface area contributed by atoms with Gasteiger partial charge in [-0.15, -0.1) is 0 Å². The van der Waals surface area contributed by atoms with Crippen LogP contribution in [0, 0.1) is 0 Å². The monoisotopic (exact) mass is 308 g/mol. The zero-order chi connectivity index (χ0) is 16.2. The van der Waals surface area contributed by atoms with E-state index in [-0.39, 0.29) is 5.97 Å². The van der Waals surface area contributed by atoms with Gasteiger partial charge in [0.1, 0.15) is 17.3 Å². The fraction of sp³-hybridized carbons (Fsp3) is 0.105. The van der Waals surface area contributed by atoms with E-state index in [1.54, 1.807) is 44.6 Å². The number of benzene rings is 2.